The van der Waals surface area contributed by atoms with E-state index in [1.54, 1.807) is 0 Å². The molecular formula is C5H7ClO3. The first kappa shape index (κ1) is 8.43. The van der Waals surface area contributed by atoms with Crippen molar-refractivity contribution in [2.24, 2.45) is 0 Å². The van der Waals surface area contributed by atoms with Gasteiger partial charge in [-0.15, -0.1) is 0 Å². The largest absolute Gasteiger partial charge is 0.438 e. The maximum atomic E-state index is 10.3. The third-order valence-electron chi connectivity index (χ3n) is 0.589. The zero-order valence-corrected chi connectivity index (χ0v) is 5.94. The van der Waals surface area contributed by atoms with E-state index >= 15 is 0 Å². The second-order valence-corrected chi connectivity index (χ2v) is 1.93. The molecule has 1 atom stereocenters. The molecule has 3 nitrogen and oxygen atoms in total. The molecule has 0 aliphatic rings. The molecule has 0 radical (unpaired) electrons. The molecule has 0 saturated carbocycles. The van der Waals surface area contributed by atoms with E-state index in [-0.39, 0.29) is 5.78 Å². The number of hydrogen-bond donors (Lipinski definition) is 0. The van der Waals surface area contributed by atoms with E-state index in [0.29, 0.717) is 0 Å². The first-order chi connectivity index (χ1) is 4.04. The van der Waals surface area contributed by atoms with Crippen molar-refractivity contribution in [3.05, 3.63) is 0 Å². The van der Waals surface area contributed by atoms with E-state index in [1.807, 2.05) is 0 Å². The summed E-state index contributed by atoms with van der Waals surface area (Å²) in [5.41, 5.74) is -1.12. The van der Waals surface area contributed by atoms with Gasteiger partial charge in [-0.3, -0.25) is 9.59 Å². The standard InChI is InChI=1S/C5H7ClO3/c1-3(7)5(6)9-4(2)8/h5H,1-2H3. The van der Waals surface area contributed by atoms with Crippen LogP contribution in [0.15, 0.2) is 0 Å². The Bertz CT molecular complexity index is 132. The third kappa shape index (κ3) is 3.97. The van der Waals surface area contributed by atoms with Crippen LogP contribution in [0.25, 0.3) is 0 Å². The van der Waals surface area contributed by atoms with Gasteiger partial charge in [-0.25, -0.2) is 0 Å². The number of carbonyl (C=O) groups excluding carboxylic acids is 2. The molecule has 0 rings (SSSR count). The molecule has 0 N–H and O–H groups in total. The quantitative estimate of drug-likeness (QED) is 0.430. The van der Waals surface area contributed by atoms with Crippen molar-refractivity contribution in [2.45, 2.75) is 19.4 Å². The molecule has 0 aromatic carbocycles. The van der Waals surface area contributed by atoms with Gasteiger partial charge in [-0.1, -0.05) is 11.6 Å². The van der Waals surface area contributed by atoms with Crippen molar-refractivity contribution in [1.29, 1.82) is 0 Å². The fourth-order valence-electron chi connectivity index (χ4n) is 0.229. The maximum absolute atomic E-state index is 10.3. The Morgan fingerprint density at radius 2 is 1.89 bits per heavy atom. The van der Waals surface area contributed by atoms with Crippen LogP contribution in [-0.2, 0) is 14.3 Å². The Labute approximate surface area is 57.9 Å². The van der Waals surface area contributed by atoms with Crippen molar-refractivity contribution in [3.63, 3.8) is 0 Å². The number of ketones is 1. The second kappa shape index (κ2) is 3.45. The monoisotopic (exact) mass is 150 g/mol. The average molecular weight is 151 g/mol. The van der Waals surface area contributed by atoms with Gasteiger partial charge in [0.2, 0.25) is 5.56 Å². The fraction of sp³-hybridized carbons (Fsp3) is 0.600. The van der Waals surface area contributed by atoms with Gasteiger partial charge in [0.25, 0.3) is 0 Å². The van der Waals surface area contributed by atoms with Crippen molar-refractivity contribution in [1.82, 2.24) is 0 Å². The van der Waals surface area contributed by atoms with Crippen molar-refractivity contribution >= 4 is 23.4 Å². The predicted octanol–water partition coefficient (Wildman–Crippen LogP) is 0.703. The molecule has 0 bridgehead atoms. The Morgan fingerprint density at radius 3 is 2.00 bits per heavy atom. The molecule has 0 saturated heterocycles. The highest BCUT2D eigenvalue weighted by Gasteiger charge is 2.11. The van der Waals surface area contributed by atoms with Gasteiger partial charge in [0.1, 0.15) is 0 Å². The predicted molar refractivity (Wildman–Crippen MR) is 32.1 cm³/mol. The van der Waals surface area contributed by atoms with Crippen LogP contribution in [0.5, 0.6) is 0 Å². The molecule has 0 aliphatic heterocycles. The molecule has 0 spiro atoms. The second-order valence-electron chi connectivity index (χ2n) is 1.54. The number of esters is 1. The van der Waals surface area contributed by atoms with E-state index in [0.717, 1.165) is 0 Å². The molecule has 0 fully saturated rings. The van der Waals surface area contributed by atoms with Crippen LogP contribution in [-0.4, -0.2) is 17.3 Å². The summed E-state index contributed by atoms with van der Waals surface area (Å²) >= 11 is 5.22. The molecule has 0 aliphatic carbocycles. The van der Waals surface area contributed by atoms with Gasteiger partial charge in [-0.05, 0) is 6.92 Å². The summed E-state index contributed by atoms with van der Waals surface area (Å²) in [6.45, 7) is 2.44. The number of ether oxygens (including phenoxy) is 1. The lowest BCUT2D eigenvalue weighted by Crippen LogP contribution is -2.17. The summed E-state index contributed by atoms with van der Waals surface area (Å²) in [5, 5.41) is 0. The SMILES string of the molecule is CC(=O)OC(Cl)C(C)=O. The zero-order valence-electron chi connectivity index (χ0n) is 5.18. The van der Waals surface area contributed by atoms with E-state index in [1.165, 1.54) is 13.8 Å². The molecule has 9 heavy (non-hydrogen) atoms. The molecule has 1 unspecified atom stereocenters. The summed E-state index contributed by atoms with van der Waals surface area (Å²) in [5.74, 6) is -0.919. The average Bonchev–Trinajstić information content (AvgIpc) is 1.63. The van der Waals surface area contributed by atoms with Crippen molar-refractivity contribution < 1.29 is 14.3 Å². The Morgan fingerprint density at radius 1 is 1.44 bits per heavy atom. The first-order valence-corrected chi connectivity index (χ1v) is 2.79. The Hall–Kier alpha value is -0.570. The van der Waals surface area contributed by atoms with Crippen LogP contribution in [0.1, 0.15) is 13.8 Å². The minimum Gasteiger partial charge on any atom is -0.438 e. The van der Waals surface area contributed by atoms with Gasteiger partial charge in [0.05, 0.1) is 0 Å². The smallest absolute Gasteiger partial charge is 0.304 e. The van der Waals surface area contributed by atoms with E-state index in [9.17, 15) is 9.59 Å². The number of alkyl halides is 1. The minimum absolute atomic E-state index is 0.369. The van der Waals surface area contributed by atoms with Gasteiger partial charge in [0, 0.05) is 6.92 Å². The van der Waals surface area contributed by atoms with Gasteiger partial charge in [-0.2, -0.15) is 0 Å². The summed E-state index contributed by atoms with van der Waals surface area (Å²) in [7, 11) is 0. The van der Waals surface area contributed by atoms with E-state index < -0.39 is 11.5 Å². The van der Waals surface area contributed by atoms with Crippen LogP contribution in [0, 0.1) is 0 Å². The molecule has 0 amide bonds. The molecule has 0 heterocycles. The minimum atomic E-state index is -1.12. The molecule has 52 valence electrons. The van der Waals surface area contributed by atoms with E-state index in [4.69, 9.17) is 11.6 Å². The molecule has 4 heteroatoms. The number of halogens is 1. The lowest BCUT2D eigenvalue weighted by Gasteiger charge is -2.03. The van der Waals surface area contributed by atoms with Crippen molar-refractivity contribution in [2.75, 3.05) is 0 Å². The number of Topliss-reactive ketones (excluding diaryl/α,β-unsaturated/α-hetero) is 1. The summed E-state index contributed by atoms with van der Waals surface area (Å²) < 4.78 is 4.29. The van der Waals surface area contributed by atoms with Crippen LogP contribution < -0.4 is 0 Å². The van der Waals surface area contributed by atoms with Crippen LogP contribution in [0.3, 0.4) is 0 Å². The highest BCUT2D eigenvalue weighted by Crippen LogP contribution is 1.98. The van der Waals surface area contributed by atoms with Crippen LogP contribution in [0.2, 0.25) is 0 Å². The summed E-state index contributed by atoms with van der Waals surface area (Å²) in [4.78, 5) is 20.4. The Kier molecular flexibility index (Phi) is 3.24. The number of hydrogen-bond acceptors (Lipinski definition) is 3. The fourth-order valence-corrected chi connectivity index (χ4v) is 0.354. The lowest BCUT2D eigenvalue weighted by atomic mass is 10.5. The van der Waals surface area contributed by atoms with Crippen LogP contribution >= 0.6 is 11.6 Å². The lowest BCUT2D eigenvalue weighted by molar-refractivity contribution is -0.147. The molecular weight excluding hydrogens is 144 g/mol. The Balaban J connectivity index is 3.63. The zero-order chi connectivity index (χ0) is 7.44. The van der Waals surface area contributed by atoms with Crippen molar-refractivity contribution in [3.8, 4) is 0 Å². The topological polar surface area (TPSA) is 43.4 Å². The van der Waals surface area contributed by atoms with Crippen LogP contribution in [0.4, 0.5) is 0 Å². The van der Waals surface area contributed by atoms with E-state index in [2.05, 4.69) is 4.74 Å². The van der Waals surface area contributed by atoms with Gasteiger partial charge >= 0.3 is 5.97 Å². The molecule has 0 aromatic heterocycles. The summed E-state index contributed by atoms with van der Waals surface area (Å²) in [6.07, 6.45) is 0. The third-order valence-corrected chi connectivity index (χ3v) is 0.985. The normalized spacial score (nSPS) is 12.3. The first-order valence-electron chi connectivity index (χ1n) is 2.35. The highest BCUT2D eigenvalue weighted by molar-refractivity contribution is 6.30. The van der Waals surface area contributed by atoms with Gasteiger partial charge < -0.3 is 4.74 Å². The summed E-state index contributed by atoms with van der Waals surface area (Å²) in [6, 6.07) is 0. The number of carbonyl (C=O) groups is 2. The maximum Gasteiger partial charge on any atom is 0.304 e. The number of rotatable bonds is 2. The highest BCUT2D eigenvalue weighted by atomic mass is 35.5. The molecule has 0 aromatic rings. The van der Waals surface area contributed by atoms with Gasteiger partial charge in [0.15, 0.2) is 5.78 Å².